The molecule has 1 aromatic carbocycles. The molecule has 0 aliphatic heterocycles. The maximum atomic E-state index is 13.5. The van der Waals surface area contributed by atoms with Crippen LogP contribution < -0.4 is 4.90 Å². The SMILES string of the molecule is Cc1nnsc1C(=O)N(Cc1cccnc1)c1nc2ccc(F)cc2s1. The van der Waals surface area contributed by atoms with Gasteiger partial charge in [-0.15, -0.1) is 5.10 Å². The van der Waals surface area contributed by atoms with E-state index in [1.165, 1.54) is 23.5 Å². The molecule has 26 heavy (non-hydrogen) atoms. The maximum Gasteiger partial charge on any atom is 0.274 e. The van der Waals surface area contributed by atoms with Crippen molar-refractivity contribution in [2.24, 2.45) is 0 Å². The number of halogens is 1. The lowest BCUT2D eigenvalue weighted by atomic mass is 10.2. The highest BCUT2D eigenvalue weighted by Crippen LogP contribution is 2.31. The molecule has 0 spiro atoms. The molecule has 0 N–H and O–H groups in total. The van der Waals surface area contributed by atoms with Gasteiger partial charge in [0.15, 0.2) is 5.13 Å². The first-order chi connectivity index (χ1) is 12.6. The van der Waals surface area contributed by atoms with Crippen molar-refractivity contribution in [2.45, 2.75) is 13.5 Å². The van der Waals surface area contributed by atoms with Crippen molar-refractivity contribution in [1.29, 1.82) is 0 Å². The molecule has 0 unspecified atom stereocenters. The van der Waals surface area contributed by atoms with Gasteiger partial charge in [-0.2, -0.15) is 0 Å². The van der Waals surface area contributed by atoms with E-state index in [0.717, 1.165) is 17.1 Å². The van der Waals surface area contributed by atoms with E-state index in [4.69, 9.17) is 0 Å². The lowest BCUT2D eigenvalue weighted by Gasteiger charge is -2.19. The van der Waals surface area contributed by atoms with Gasteiger partial charge in [-0.1, -0.05) is 21.9 Å². The van der Waals surface area contributed by atoms with Crippen LogP contribution in [-0.2, 0) is 6.54 Å². The fourth-order valence-corrected chi connectivity index (χ4v) is 4.05. The van der Waals surface area contributed by atoms with E-state index >= 15 is 0 Å². The number of benzene rings is 1. The van der Waals surface area contributed by atoms with Gasteiger partial charge in [0.25, 0.3) is 5.91 Å². The van der Waals surface area contributed by atoms with Gasteiger partial charge < -0.3 is 0 Å². The van der Waals surface area contributed by atoms with Crippen LogP contribution in [0.15, 0.2) is 42.7 Å². The number of carbonyl (C=O) groups excluding carboxylic acids is 1. The molecule has 6 nitrogen and oxygen atoms in total. The minimum Gasteiger partial charge on any atom is -0.279 e. The summed E-state index contributed by atoms with van der Waals surface area (Å²) in [5.74, 6) is -0.568. The number of fused-ring (bicyclic) bond motifs is 1. The van der Waals surface area contributed by atoms with E-state index in [1.807, 2.05) is 12.1 Å². The van der Waals surface area contributed by atoms with Gasteiger partial charge in [0.05, 0.1) is 22.5 Å². The van der Waals surface area contributed by atoms with Crippen LogP contribution in [0.25, 0.3) is 10.2 Å². The first-order valence-corrected chi connectivity index (χ1v) is 9.26. The molecule has 0 aliphatic rings. The zero-order valence-corrected chi connectivity index (χ0v) is 15.2. The van der Waals surface area contributed by atoms with Gasteiger partial charge in [-0.3, -0.25) is 14.7 Å². The molecule has 0 fully saturated rings. The summed E-state index contributed by atoms with van der Waals surface area (Å²) < 4.78 is 18.0. The predicted octanol–water partition coefficient (Wildman–Crippen LogP) is 3.84. The predicted molar refractivity (Wildman–Crippen MR) is 99.0 cm³/mol. The number of amides is 1. The van der Waals surface area contributed by atoms with E-state index in [2.05, 4.69) is 19.6 Å². The summed E-state index contributed by atoms with van der Waals surface area (Å²) in [6.07, 6.45) is 3.37. The summed E-state index contributed by atoms with van der Waals surface area (Å²) in [6, 6.07) is 8.08. The Bertz CT molecular complexity index is 1080. The van der Waals surface area contributed by atoms with E-state index < -0.39 is 0 Å². The normalized spacial score (nSPS) is 11.0. The second-order valence-corrected chi connectivity index (χ2v) is 7.31. The van der Waals surface area contributed by atoms with Crippen LogP contribution in [0.2, 0.25) is 0 Å². The van der Waals surface area contributed by atoms with Crippen LogP contribution in [0.4, 0.5) is 9.52 Å². The summed E-state index contributed by atoms with van der Waals surface area (Å²) in [6.45, 7) is 2.04. The van der Waals surface area contributed by atoms with Crippen LogP contribution in [0, 0.1) is 12.7 Å². The molecule has 3 aromatic heterocycles. The van der Waals surface area contributed by atoms with Crippen LogP contribution >= 0.6 is 22.9 Å². The Hall–Kier alpha value is -2.78. The third kappa shape index (κ3) is 3.18. The Kier molecular flexibility index (Phi) is 4.39. The third-order valence-corrected chi connectivity index (χ3v) is 5.58. The highest BCUT2D eigenvalue weighted by molar-refractivity contribution is 7.22. The summed E-state index contributed by atoms with van der Waals surface area (Å²) in [7, 11) is 0. The van der Waals surface area contributed by atoms with E-state index in [9.17, 15) is 9.18 Å². The summed E-state index contributed by atoms with van der Waals surface area (Å²) in [5, 5.41) is 4.41. The Labute approximate surface area is 156 Å². The zero-order valence-electron chi connectivity index (χ0n) is 13.6. The highest BCUT2D eigenvalue weighted by Gasteiger charge is 2.25. The molecule has 4 aromatic rings. The van der Waals surface area contributed by atoms with Crippen molar-refractivity contribution in [2.75, 3.05) is 4.90 Å². The third-order valence-electron chi connectivity index (χ3n) is 3.72. The van der Waals surface area contributed by atoms with Crippen molar-refractivity contribution in [3.63, 3.8) is 0 Å². The number of pyridine rings is 1. The first kappa shape index (κ1) is 16.7. The lowest BCUT2D eigenvalue weighted by Crippen LogP contribution is -2.30. The molecule has 0 aliphatic carbocycles. The molecule has 130 valence electrons. The number of nitrogens with zero attached hydrogens (tertiary/aromatic N) is 5. The molecule has 0 saturated heterocycles. The molecule has 9 heteroatoms. The van der Waals surface area contributed by atoms with Gasteiger partial charge in [-0.25, -0.2) is 9.37 Å². The summed E-state index contributed by atoms with van der Waals surface area (Å²) in [5.41, 5.74) is 2.08. The monoisotopic (exact) mass is 385 g/mol. The Balaban J connectivity index is 1.78. The standard InChI is InChI=1S/C17H12FN5OS2/c1-10-15(26-22-21-10)16(24)23(9-11-3-2-6-19-8-11)17-20-13-5-4-12(18)7-14(13)25-17/h2-8H,9H2,1H3. The Morgan fingerprint density at radius 3 is 2.92 bits per heavy atom. The summed E-state index contributed by atoms with van der Waals surface area (Å²) >= 11 is 2.32. The van der Waals surface area contributed by atoms with Crippen molar-refractivity contribution in [3.8, 4) is 0 Å². The highest BCUT2D eigenvalue weighted by atomic mass is 32.1. The molecule has 0 radical (unpaired) electrons. The lowest BCUT2D eigenvalue weighted by molar-refractivity contribution is 0.0988. The molecule has 4 rings (SSSR count). The molecule has 0 bridgehead atoms. The number of aryl methyl sites for hydroxylation is 1. The number of hydrogen-bond donors (Lipinski definition) is 0. The fourth-order valence-electron chi connectivity index (χ4n) is 2.45. The number of aromatic nitrogens is 4. The molecule has 3 heterocycles. The minimum absolute atomic E-state index is 0.235. The second-order valence-electron chi connectivity index (χ2n) is 5.55. The van der Waals surface area contributed by atoms with Crippen LogP contribution in [0.5, 0.6) is 0 Å². The second kappa shape index (κ2) is 6.85. The van der Waals surface area contributed by atoms with E-state index in [1.54, 1.807) is 30.3 Å². The van der Waals surface area contributed by atoms with E-state index in [0.29, 0.717) is 32.5 Å². The smallest absolute Gasteiger partial charge is 0.274 e. The minimum atomic E-state index is -0.333. The fraction of sp³-hybridized carbons (Fsp3) is 0.118. The number of carbonyl (C=O) groups is 1. The van der Waals surface area contributed by atoms with Crippen LogP contribution in [0.3, 0.4) is 0 Å². The number of rotatable bonds is 4. The zero-order chi connectivity index (χ0) is 18.1. The largest absolute Gasteiger partial charge is 0.279 e. The number of hydrogen-bond acceptors (Lipinski definition) is 7. The number of thiazole rings is 1. The van der Waals surface area contributed by atoms with Crippen molar-refractivity contribution in [1.82, 2.24) is 19.6 Å². The average Bonchev–Trinajstić information content (AvgIpc) is 3.25. The van der Waals surface area contributed by atoms with Gasteiger partial charge in [0, 0.05) is 12.4 Å². The maximum absolute atomic E-state index is 13.5. The van der Waals surface area contributed by atoms with Crippen molar-refractivity contribution >= 4 is 44.1 Å². The Morgan fingerprint density at radius 1 is 1.31 bits per heavy atom. The number of anilines is 1. The van der Waals surface area contributed by atoms with Gasteiger partial charge in [-0.05, 0) is 48.3 Å². The van der Waals surface area contributed by atoms with Crippen LogP contribution in [-0.4, -0.2) is 25.5 Å². The first-order valence-electron chi connectivity index (χ1n) is 7.67. The van der Waals surface area contributed by atoms with Gasteiger partial charge in [0.1, 0.15) is 10.7 Å². The van der Waals surface area contributed by atoms with Gasteiger partial charge >= 0.3 is 0 Å². The molecular formula is C17H12FN5OS2. The average molecular weight is 385 g/mol. The molecule has 0 atom stereocenters. The van der Waals surface area contributed by atoms with Gasteiger partial charge in [0.2, 0.25) is 0 Å². The Morgan fingerprint density at radius 2 is 2.19 bits per heavy atom. The van der Waals surface area contributed by atoms with Crippen molar-refractivity contribution in [3.05, 3.63) is 64.7 Å². The summed E-state index contributed by atoms with van der Waals surface area (Å²) in [4.78, 5) is 23.7. The van der Waals surface area contributed by atoms with E-state index in [-0.39, 0.29) is 11.7 Å². The molecule has 1 amide bonds. The topological polar surface area (TPSA) is 71.9 Å². The van der Waals surface area contributed by atoms with Crippen molar-refractivity contribution < 1.29 is 9.18 Å². The molecule has 0 saturated carbocycles. The molecular weight excluding hydrogens is 373 g/mol. The quantitative estimate of drug-likeness (QED) is 0.534. The van der Waals surface area contributed by atoms with Crippen LogP contribution in [0.1, 0.15) is 20.9 Å².